The summed E-state index contributed by atoms with van der Waals surface area (Å²) >= 11 is 0. The van der Waals surface area contributed by atoms with Crippen LogP contribution in [0.3, 0.4) is 0 Å². The van der Waals surface area contributed by atoms with Crippen LogP contribution in [0.5, 0.6) is 0 Å². The van der Waals surface area contributed by atoms with Crippen LogP contribution in [0.4, 0.5) is 4.79 Å². The predicted octanol–water partition coefficient (Wildman–Crippen LogP) is 4.96. The summed E-state index contributed by atoms with van der Waals surface area (Å²) in [6, 6.07) is 17.2. The Kier molecular flexibility index (Phi) is 9.10. The maximum atomic E-state index is 12.2. The molecule has 2 aromatic carbocycles. The topological polar surface area (TPSA) is 71.0 Å². The first-order valence-corrected chi connectivity index (χ1v) is 13.4. The molecule has 32 heavy (non-hydrogen) atoms. The number of alkyl carbamates (subject to hydrolysis) is 1. The number of hydrogen-bond acceptors (Lipinski definition) is 5. The van der Waals surface area contributed by atoms with Gasteiger partial charge in [0.1, 0.15) is 6.61 Å². The highest BCUT2D eigenvalue weighted by Gasteiger charge is 2.39. The largest absolute Gasteiger partial charge is 0.500 e. The zero-order chi connectivity index (χ0) is 22.8. The van der Waals surface area contributed by atoms with E-state index >= 15 is 0 Å². The molecule has 0 saturated heterocycles. The van der Waals surface area contributed by atoms with E-state index in [1.165, 1.54) is 10.8 Å². The maximum absolute atomic E-state index is 12.2. The van der Waals surface area contributed by atoms with Crippen LogP contribution in [0.25, 0.3) is 21.8 Å². The second kappa shape index (κ2) is 12.0. The minimum Gasteiger partial charge on any atom is -0.448 e. The van der Waals surface area contributed by atoms with Crippen LogP contribution in [-0.2, 0) is 24.6 Å². The first kappa shape index (κ1) is 24.3. The third-order valence-corrected chi connectivity index (χ3v) is 8.40. The highest BCUT2D eigenvalue weighted by atomic mass is 28.4. The lowest BCUT2D eigenvalue weighted by Crippen LogP contribution is -2.46. The van der Waals surface area contributed by atoms with Gasteiger partial charge in [-0.3, -0.25) is 0 Å². The quantitative estimate of drug-likeness (QED) is 0.290. The third kappa shape index (κ3) is 5.89. The van der Waals surface area contributed by atoms with Gasteiger partial charge in [0.2, 0.25) is 0 Å². The van der Waals surface area contributed by atoms with E-state index in [0.717, 1.165) is 11.0 Å². The molecule has 1 aromatic heterocycles. The number of hydrogen-bond donors (Lipinski definition) is 1. The average Bonchev–Trinajstić information content (AvgIpc) is 3.11. The highest BCUT2D eigenvalue weighted by molar-refractivity contribution is 6.60. The summed E-state index contributed by atoms with van der Waals surface area (Å²) in [5.74, 6) is 0. The van der Waals surface area contributed by atoms with E-state index < -0.39 is 14.9 Å². The second-order valence-electron chi connectivity index (χ2n) is 7.33. The molecule has 0 bridgehead atoms. The van der Waals surface area contributed by atoms with E-state index in [1.54, 1.807) is 0 Å². The number of carbonyl (C=O) groups excluding carboxylic acids is 1. The van der Waals surface area contributed by atoms with Crippen LogP contribution in [0.2, 0.25) is 6.04 Å². The maximum Gasteiger partial charge on any atom is 0.500 e. The number of aromatic nitrogens is 1. The lowest BCUT2D eigenvalue weighted by atomic mass is 10.2. The predicted molar refractivity (Wildman–Crippen MR) is 129 cm³/mol. The zero-order valence-corrected chi connectivity index (χ0v) is 20.3. The van der Waals surface area contributed by atoms with Crippen molar-refractivity contribution in [1.82, 2.24) is 9.88 Å². The Morgan fingerprint density at radius 2 is 1.41 bits per heavy atom. The van der Waals surface area contributed by atoms with Gasteiger partial charge in [-0.1, -0.05) is 36.4 Å². The van der Waals surface area contributed by atoms with Gasteiger partial charge in [-0.05, 0) is 39.3 Å². The zero-order valence-electron chi connectivity index (χ0n) is 19.3. The number of fused-ring (bicyclic) bond motifs is 3. The molecule has 0 unspecified atom stereocenters. The summed E-state index contributed by atoms with van der Waals surface area (Å²) < 4.78 is 25.2. The summed E-state index contributed by atoms with van der Waals surface area (Å²) in [7, 11) is -2.68. The van der Waals surface area contributed by atoms with Crippen molar-refractivity contribution < 1.29 is 22.8 Å². The van der Waals surface area contributed by atoms with Crippen molar-refractivity contribution in [3.63, 3.8) is 0 Å². The highest BCUT2D eigenvalue weighted by Crippen LogP contribution is 2.28. The molecule has 0 aliphatic carbocycles. The Bertz CT molecular complexity index is 936. The molecule has 3 rings (SSSR count). The molecular formula is C24H34N2O5Si. The summed E-state index contributed by atoms with van der Waals surface area (Å²) in [5, 5.41) is 5.23. The van der Waals surface area contributed by atoms with Gasteiger partial charge < -0.3 is 27.9 Å². The van der Waals surface area contributed by atoms with Gasteiger partial charge in [-0.2, -0.15) is 0 Å². The molecule has 7 nitrogen and oxygen atoms in total. The summed E-state index contributed by atoms with van der Waals surface area (Å²) in [4.78, 5) is 12.2. The first-order valence-electron chi connectivity index (χ1n) is 11.4. The molecule has 3 aromatic rings. The van der Waals surface area contributed by atoms with Crippen molar-refractivity contribution in [3.8, 4) is 0 Å². The Morgan fingerprint density at radius 3 is 1.94 bits per heavy atom. The van der Waals surface area contributed by atoms with Crippen molar-refractivity contribution >= 4 is 36.7 Å². The van der Waals surface area contributed by atoms with E-state index in [4.69, 9.17) is 18.0 Å². The molecular weight excluding hydrogens is 424 g/mol. The van der Waals surface area contributed by atoms with E-state index in [0.29, 0.717) is 52.0 Å². The van der Waals surface area contributed by atoms with Crippen LogP contribution >= 0.6 is 0 Å². The number of carbonyl (C=O) groups is 1. The SMILES string of the molecule is CCO[Si](CCCNC(=O)OCCn1c2ccccc2c2ccccc21)(OCC)OCC. The van der Waals surface area contributed by atoms with Crippen LogP contribution in [0.15, 0.2) is 48.5 Å². The standard InChI is InChI=1S/C24H34N2O5Si/c1-4-29-32(30-5-2,31-6-3)19-11-16-25-24(27)28-18-17-26-22-14-9-7-12-20(22)21-13-8-10-15-23(21)26/h7-10,12-15H,4-6,11,16-19H2,1-3H3,(H,25,27). The van der Waals surface area contributed by atoms with Crippen LogP contribution in [0.1, 0.15) is 27.2 Å². The molecule has 0 aliphatic heterocycles. The Hall–Kier alpha value is -2.39. The third-order valence-electron chi connectivity index (χ3n) is 5.25. The normalized spacial score (nSPS) is 11.8. The van der Waals surface area contributed by atoms with Crippen LogP contribution in [-0.4, -0.2) is 52.4 Å². The minimum atomic E-state index is -2.68. The lowest BCUT2D eigenvalue weighted by Gasteiger charge is -2.28. The van der Waals surface area contributed by atoms with E-state index in [1.807, 2.05) is 45.0 Å². The lowest BCUT2D eigenvalue weighted by molar-refractivity contribution is 0.0706. The molecule has 1 amide bonds. The van der Waals surface area contributed by atoms with Crippen molar-refractivity contribution in [2.24, 2.45) is 0 Å². The number of nitrogens with zero attached hydrogens (tertiary/aromatic N) is 1. The second-order valence-corrected chi connectivity index (χ2v) is 10.1. The fourth-order valence-corrected chi connectivity index (χ4v) is 6.63. The number of para-hydroxylation sites is 2. The minimum absolute atomic E-state index is 0.296. The van der Waals surface area contributed by atoms with E-state index in [-0.39, 0.29) is 0 Å². The number of amides is 1. The molecule has 174 valence electrons. The summed E-state index contributed by atoms with van der Waals surface area (Å²) in [6.45, 7) is 8.82. The van der Waals surface area contributed by atoms with Crippen LogP contribution < -0.4 is 5.32 Å². The van der Waals surface area contributed by atoms with Gasteiger partial charge >= 0.3 is 14.9 Å². The molecule has 0 saturated carbocycles. The van der Waals surface area contributed by atoms with Gasteiger partial charge in [-0.25, -0.2) is 4.79 Å². The number of ether oxygens (including phenoxy) is 1. The fraction of sp³-hybridized carbons (Fsp3) is 0.458. The van der Waals surface area contributed by atoms with Gasteiger partial charge in [0.25, 0.3) is 0 Å². The summed E-state index contributed by atoms with van der Waals surface area (Å²) in [5.41, 5.74) is 2.28. The van der Waals surface area contributed by atoms with Crippen molar-refractivity contribution in [3.05, 3.63) is 48.5 Å². The van der Waals surface area contributed by atoms with Gasteiger partial charge in [-0.15, -0.1) is 0 Å². The molecule has 0 spiro atoms. The fourth-order valence-electron chi connectivity index (χ4n) is 4.02. The van der Waals surface area contributed by atoms with Gasteiger partial charge in [0.05, 0.1) is 6.54 Å². The van der Waals surface area contributed by atoms with E-state index in [9.17, 15) is 4.79 Å². The number of rotatable bonds is 13. The molecule has 0 aliphatic rings. The summed E-state index contributed by atoms with van der Waals surface area (Å²) in [6.07, 6.45) is 0.288. The molecule has 1 heterocycles. The Labute approximate surface area is 191 Å². The molecule has 8 heteroatoms. The van der Waals surface area contributed by atoms with Gasteiger partial charge in [0.15, 0.2) is 0 Å². The van der Waals surface area contributed by atoms with Crippen molar-refractivity contribution in [1.29, 1.82) is 0 Å². The van der Waals surface area contributed by atoms with E-state index in [2.05, 4.69) is 34.1 Å². The molecule has 0 radical (unpaired) electrons. The Morgan fingerprint density at radius 1 is 0.875 bits per heavy atom. The monoisotopic (exact) mass is 458 g/mol. The Balaban J connectivity index is 1.49. The van der Waals surface area contributed by atoms with Gasteiger partial charge in [0, 0.05) is 54.2 Å². The van der Waals surface area contributed by atoms with Crippen molar-refractivity contribution in [2.45, 2.75) is 39.8 Å². The van der Waals surface area contributed by atoms with Crippen molar-refractivity contribution in [2.75, 3.05) is 33.0 Å². The first-order chi connectivity index (χ1) is 15.6. The number of benzene rings is 2. The average molecular weight is 459 g/mol. The number of nitrogens with one attached hydrogen (secondary N) is 1. The van der Waals surface area contributed by atoms with Crippen LogP contribution in [0, 0.1) is 0 Å². The molecule has 0 fully saturated rings. The smallest absolute Gasteiger partial charge is 0.448 e. The molecule has 0 atom stereocenters. The molecule has 1 N–H and O–H groups in total.